The maximum absolute atomic E-state index is 15.0. The first-order valence-electron chi connectivity index (χ1n) is 12.2. The SMILES string of the molecule is CCCC1CCC(c2ccc(-c3ccc(C4CCC(CC)CC4)c(F)c3F)cn2)OC1. The lowest BCUT2D eigenvalue weighted by molar-refractivity contribution is -0.0216. The van der Waals surface area contributed by atoms with Crippen LogP contribution in [0.5, 0.6) is 0 Å². The zero-order valence-electron chi connectivity index (χ0n) is 18.9. The van der Waals surface area contributed by atoms with E-state index in [0.29, 0.717) is 17.0 Å². The highest BCUT2D eigenvalue weighted by Gasteiger charge is 2.27. The van der Waals surface area contributed by atoms with Crippen molar-refractivity contribution in [2.45, 2.75) is 83.7 Å². The lowest BCUT2D eigenvalue weighted by atomic mass is 9.77. The van der Waals surface area contributed by atoms with E-state index in [0.717, 1.165) is 56.7 Å². The van der Waals surface area contributed by atoms with Crippen molar-refractivity contribution >= 4 is 0 Å². The fourth-order valence-electron chi connectivity index (χ4n) is 5.41. The number of rotatable bonds is 6. The summed E-state index contributed by atoms with van der Waals surface area (Å²) >= 11 is 0. The zero-order chi connectivity index (χ0) is 21.8. The van der Waals surface area contributed by atoms with Gasteiger partial charge in [-0.3, -0.25) is 4.98 Å². The van der Waals surface area contributed by atoms with Gasteiger partial charge in [0.1, 0.15) is 0 Å². The van der Waals surface area contributed by atoms with Crippen molar-refractivity contribution in [1.82, 2.24) is 4.98 Å². The summed E-state index contributed by atoms with van der Waals surface area (Å²) in [5.41, 5.74) is 2.32. The van der Waals surface area contributed by atoms with E-state index in [2.05, 4.69) is 18.8 Å². The van der Waals surface area contributed by atoms with Crippen LogP contribution in [0, 0.1) is 23.5 Å². The van der Waals surface area contributed by atoms with Crippen molar-refractivity contribution < 1.29 is 13.5 Å². The van der Waals surface area contributed by atoms with E-state index in [1.165, 1.54) is 19.3 Å². The highest BCUT2D eigenvalue weighted by atomic mass is 19.2. The molecule has 2 atom stereocenters. The second-order valence-electron chi connectivity index (χ2n) is 9.48. The molecule has 4 rings (SSSR count). The van der Waals surface area contributed by atoms with Crippen molar-refractivity contribution in [3.05, 3.63) is 53.4 Å². The molecule has 168 valence electrons. The Bertz CT molecular complexity index is 850. The van der Waals surface area contributed by atoms with Gasteiger partial charge >= 0.3 is 0 Å². The minimum atomic E-state index is -0.749. The van der Waals surface area contributed by atoms with Gasteiger partial charge in [0, 0.05) is 17.3 Å². The second kappa shape index (κ2) is 10.2. The smallest absolute Gasteiger partial charge is 0.166 e. The first kappa shape index (κ1) is 22.4. The first-order valence-corrected chi connectivity index (χ1v) is 12.2. The van der Waals surface area contributed by atoms with Gasteiger partial charge in [-0.05, 0) is 74.3 Å². The van der Waals surface area contributed by atoms with Gasteiger partial charge < -0.3 is 4.74 Å². The van der Waals surface area contributed by atoms with Crippen molar-refractivity contribution in [3.63, 3.8) is 0 Å². The molecule has 1 aliphatic heterocycles. The Balaban J connectivity index is 1.45. The molecule has 0 N–H and O–H groups in total. The molecule has 2 fully saturated rings. The number of hydrogen-bond acceptors (Lipinski definition) is 2. The number of hydrogen-bond donors (Lipinski definition) is 0. The minimum Gasteiger partial charge on any atom is -0.372 e. The van der Waals surface area contributed by atoms with Gasteiger partial charge in [-0.25, -0.2) is 8.78 Å². The Morgan fingerprint density at radius 3 is 2.29 bits per heavy atom. The summed E-state index contributed by atoms with van der Waals surface area (Å²) in [6.07, 6.45) is 11.5. The van der Waals surface area contributed by atoms with Crippen LogP contribution >= 0.6 is 0 Å². The van der Waals surface area contributed by atoms with Crippen LogP contribution in [0.15, 0.2) is 30.5 Å². The molecule has 2 nitrogen and oxygen atoms in total. The predicted molar refractivity (Wildman–Crippen MR) is 121 cm³/mol. The topological polar surface area (TPSA) is 22.1 Å². The standard InChI is InChI=1S/C27H35F2NO/c1-3-5-19-8-15-25(31-17-19)24-14-11-21(16-30-24)23-13-12-22(26(28)27(23)29)20-9-6-18(4-2)7-10-20/h11-14,16,18-20,25H,3-10,15,17H2,1-2H3. The van der Waals surface area contributed by atoms with Crippen LogP contribution in [0.3, 0.4) is 0 Å². The Kier molecular flexibility index (Phi) is 7.37. The van der Waals surface area contributed by atoms with Gasteiger partial charge in [0.15, 0.2) is 11.6 Å². The number of halogens is 2. The third-order valence-corrected chi connectivity index (χ3v) is 7.47. The summed E-state index contributed by atoms with van der Waals surface area (Å²) in [7, 11) is 0. The summed E-state index contributed by atoms with van der Waals surface area (Å²) in [4.78, 5) is 4.54. The van der Waals surface area contributed by atoms with E-state index < -0.39 is 11.6 Å². The number of pyridine rings is 1. The predicted octanol–water partition coefficient (Wildman–Crippen LogP) is 7.98. The average Bonchev–Trinajstić information content (AvgIpc) is 2.82. The quantitative estimate of drug-likeness (QED) is 0.466. The van der Waals surface area contributed by atoms with Crippen LogP contribution in [0.2, 0.25) is 0 Å². The van der Waals surface area contributed by atoms with Gasteiger partial charge in [-0.2, -0.15) is 0 Å². The molecule has 1 saturated heterocycles. The van der Waals surface area contributed by atoms with Gasteiger partial charge in [-0.15, -0.1) is 0 Å². The van der Waals surface area contributed by atoms with Gasteiger partial charge in [0.2, 0.25) is 0 Å². The Labute approximate surface area is 185 Å². The third kappa shape index (κ3) is 5.00. The van der Waals surface area contributed by atoms with E-state index >= 15 is 0 Å². The number of aromatic nitrogens is 1. The van der Waals surface area contributed by atoms with Crippen molar-refractivity contribution in [2.24, 2.45) is 11.8 Å². The lowest BCUT2D eigenvalue weighted by Gasteiger charge is -2.29. The first-order chi connectivity index (χ1) is 15.1. The van der Waals surface area contributed by atoms with Crippen LogP contribution in [0.25, 0.3) is 11.1 Å². The molecule has 4 heteroatoms. The molecule has 0 spiro atoms. The van der Waals surface area contributed by atoms with Crippen LogP contribution in [-0.4, -0.2) is 11.6 Å². The molecule has 2 aromatic rings. The fourth-order valence-corrected chi connectivity index (χ4v) is 5.41. The fraction of sp³-hybridized carbons (Fsp3) is 0.593. The van der Waals surface area contributed by atoms with Gasteiger partial charge in [-0.1, -0.05) is 44.9 Å². The average molecular weight is 428 g/mol. The lowest BCUT2D eigenvalue weighted by Crippen LogP contribution is -2.21. The third-order valence-electron chi connectivity index (χ3n) is 7.47. The number of ether oxygens (including phenoxy) is 1. The maximum Gasteiger partial charge on any atom is 0.166 e. The van der Waals surface area contributed by atoms with Crippen molar-refractivity contribution in [3.8, 4) is 11.1 Å². The van der Waals surface area contributed by atoms with E-state index in [1.54, 1.807) is 18.3 Å². The van der Waals surface area contributed by atoms with E-state index in [9.17, 15) is 8.78 Å². The van der Waals surface area contributed by atoms with Crippen LogP contribution in [-0.2, 0) is 4.74 Å². The molecule has 0 bridgehead atoms. The molecular formula is C27H35F2NO. The summed E-state index contributed by atoms with van der Waals surface area (Å²) in [6, 6.07) is 7.25. The Morgan fingerprint density at radius 1 is 0.903 bits per heavy atom. The van der Waals surface area contributed by atoms with Crippen LogP contribution < -0.4 is 0 Å². The molecule has 0 radical (unpaired) electrons. The summed E-state index contributed by atoms with van der Waals surface area (Å²) < 4.78 is 36.0. The molecule has 31 heavy (non-hydrogen) atoms. The monoisotopic (exact) mass is 427 g/mol. The highest BCUT2D eigenvalue weighted by molar-refractivity contribution is 5.64. The zero-order valence-corrected chi connectivity index (χ0v) is 18.9. The number of nitrogens with zero attached hydrogens (tertiary/aromatic N) is 1. The highest BCUT2D eigenvalue weighted by Crippen LogP contribution is 2.40. The van der Waals surface area contributed by atoms with Crippen molar-refractivity contribution in [2.75, 3.05) is 6.61 Å². The largest absolute Gasteiger partial charge is 0.372 e. The molecule has 1 aliphatic carbocycles. The normalized spacial score (nSPS) is 26.7. The number of benzene rings is 1. The van der Waals surface area contributed by atoms with Crippen LogP contribution in [0.4, 0.5) is 8.78 Å². The Morgan fingerprint density at radius 2 is 1.68 bits per heavy atom. The summed E-state index contributed by atoms with van der Waals surface area (Å²) in [5.74, 6) is 0.0822. The van der Waals surface area contributed by atoms with Crippen LogP contribution in [0.1, 0.15) is 94.9 Å². The Hall–Kier alpha value is -1.81. The second-order valence-corrected chi connectivity index (χ2v) is 9.48. The van der Waals surface area contributed by atoms with Gasteiger partial charge in [0.25, 0.3) is 0 Å². The molecule has 2 heterocycles. The molecule has 2 unspecified atom stereocenters. The molecule has 1 saturated carbocycles. The summed E-state index contributed by atoms with van der Waals surface area (Å²) in [5, 5.41) is 0. The summed E-state index contributed by atoms with van der Waals surface area (Å²) in [6.45, 7) is 5.20. The van der Waals surface area contributed by atoms with E-state index in [1.807, 2.05) is 12.1 Å². The van der Waals surface area contributed by atoms with Gasteiger partial charge in [0.05, 0.1) is 18.4 Å². The molecule has 0 amide bonds. The molecule has 1 aromatic carbocycles. The molecular weight excluding hydrogens is 392 g/mol. The van der Waals surface area contributed by atoms with Crippen molar-refractivity contribution in [1.29, 1.82) is 0 Å². The maximum atomic E-state index is 15.0. The molecule has 2 aliphatic rings. The minimum absolute atomic E-state index is 0.00404. The van der Waals surface area contributed by atoms with E-state index in [-0.39, 0.29) is 17.6 Å². The molecule has 1 aromatic heterocycles. The van der Waals surface area contributed by atoms with E-state index in [4.69, 9.17) is 4.74 Å².